The molecular formula is C54H75F2N9O4. The van der Waals surface area contributed by atoms with E-state index >= 15 is 8.78 Å². The summed E-state index contributed by atoms with van der Waals surface area (Å²) in [7, 11) is 11.0. The lowest BCUT2D eigenvalue weighted by molar-refractivity contribution is -0.110. The summed E-state index contributed by atoms with van der Waals surface area (Å²) < 4.78 is 33.4. The quantitative estimate of drug-likeness (QED) is 0.0690. The summed E-state index contributed by atoms with van der Waals surface area (Å²) in [5.41, 5.74) is 7.75. The first-order chi connectivity index (χ1) is 33.0. The number of likely N-dealkylation sites (N-methyl/N-ethyl adjacent to an activating group) is 1. The molecule has 1 aromatic heterocycles. The Morgan fingerprint density at radius 3 is 2.32 bits per heavy atom. The molecule has 3 aliphatic heterocycles. The molecule has 2 fully saturated rings. The molecular weight excluding hydrogens is 877 g/mol. The van der Waals surface area contributed by atoms with Crippen molar-refractivity contribution in [3.63, 3.8) is 0 Å². The van der Waals surface area contributed by atoms with Crippen molar-refractivity contribution >= 4 is 40.5 Å². The Labute approximate surface area is 408 Å². The molecule has 0 bridgehead atoms. The number of hydrogen-bond donors (Lipinski definition) is 1. The molecule has 2 unspecified atom stereocenters. The van der Waals surface area contributed by atoms with Gasteiger partial charge in [0.1, 0.15) is 24.0 Å². The van der Waals surface area contributed by atoms with E-state index in [1.54, 1.807) is 23.9 Å². The highest BCUT2D eigenvalue weighted by Crippen LogP contribution is 2.35. The summed E-state index contributed by atoms with van der Waals surface area (Å²) in [4.78, 5) is 57.0. The number of nitrogens with one attached hydrogen (secondary N) is 1. The van der Waals surface area contributed by atoms with Crippen molar-refractivity contribution in [1.82, 2.24) is 29.1 Å². The number of aromatic nitrogens is 1. The van der Waals surface area contributed by atoms with Crippen LogP contribution in [0.15, 0.2) is 83.3 Å². The summed E-state index contributed by atoms with van der Waals surface area (Å²) in [6, 6.07) is 9.58. The maximum Gasteiger partial charge on any atom is 0.257 e. The van der Waals surface area contributed by atoms with Gasteiger partial charge in [-0.15, -0.1) is 0 Å². The fourth-order valence-electron chi connectivity index (χ4n) is 9.85. The number of halogens is 2. The van der Waals surface area contributed by atoms with Gasteiger partial charge in [0.15, 0.2) is 0 Å². The molecule has 2 aromatic carbocycles. The van der Waals surface area contributed by atoms with Crippen LogP contribution < -0.4 is 20.8 Å². The monoisotopic (exact) mass is 952 g/mol. The van der Waals surface area contributed by atoms with E-state index in [9.17, 15) is 14.4 Å². The minimum atomic E-state index is -0.531. The van der Waals surface area contributed by atoms with Gasteiger partial charge in [0.05, 0.1) is 30.9 Å². The van der Waals surface area contributed by atoms with Gasteiger partial charge in [-0.25, -0.2) is 13.8 Å². The van der Waals surface area contributed by atoms with Crippen LogP contribution in [0.2, 0.25) is 0 Å². The fourth-order valence-corrected chi connectivity index (χ4v) is 9.85. The summed E-state index contributed by atoms with van der Waals surface area (Å²) in [5.74, 6) is -0.414. The van der Waals surface area contributed by atoms with E-state index in [2.05, 4.69) is 52.6 Å². The van der Waals surface area contributed by atoms with Crippen LogP contribution in [0.25, 0.3) is 11.3 Å². The number of allylic oxidation sites excluding steroid dienone is 3. The van der Waals surface area contributed by atoms with Gasteiger partial charge < -0.3 is 24.8 Å². The molecule has 3 aromatic rings. The van der Waals surface area contributed by atoms with Crippen LogP contribution >= 0.6 is 0 Å². The number of hydrogen-bond acceptors (Lipinski definition) is 11. The molecule has 69 heavy (non-hydrogen) atoms. The number of amides is 1. The van der Waals surface area contributed by atoms with Gasteiger partial charge >= 0.3 is 0 Å². The highest BCUT2D eigenvalue weighted by molar-refractivity contribution is 5.95. The molecule has 3 aliphatic rings. The largest absolute Gasteiger partial charge is 0.388 e. The molecule has 15 heteroatoms. The minimum absolute atomic E-state index is 0.0783. The molecule has 4 heterocycles. The number of rotatable bonds is 20. The first-order valence-corrected chi connectivity index (χ1v) is 24.4. The van der Waals surface area contributed by atoms with Crippen molar-refractivity contribution in [3.8, 4) is 0 Å². The Kier molecular flexibility index (Phi) is 18.3. The zero-order valence-electron chi connectivity index (χ0n) is 42.7. The van der Waals surface area contributed by atoms with E-state index in [1.165, 1.54) is 24.3 Å². The second-order valence-electron chi connectivity index (χ2n) is 19.4. The summed E-state index contributed by atoms with van der Waals surface area (Å²) in [6.07, 6.45) is 11.7. The van der Waals surface area contributed by atoms with Crippen molar-refractivity contribution in [3.05, 3.63) is 123 Å². The first kappa shape index (κ1) is 52.9. The fraction of sp³-hybridized carbons (Fsp3) is 0.500. The van der Waals surface area contributed by atoms with Crippen molar-refractivity contribution in [2.75, 3.05) is 117 Å². The van der Waals surface area contributed by atoms with Gasteiger partial charge in [-0.05, 0) is 114 Å². The smallest absolute Gasteiger partial charge is 0.257 e. The molecule has 1 N–H and O–H groups in total. The Balaban J connectivity index is 1.01. The van der Waals surface area contributed by atoms with Crippen molar-refractivity contribution in [2.45, 2.75) is 72.0 Å². The second kappa shape index (κ2) is 23.9. The third-order valence-corrected chi connectivity index (χ3v) is 14.0. The van der Waals surface area contributed by atoms with Crippen LogP contribution in [0, 0.1) is 24.5 Å². The lowest BCUT2D eigenvalue weighted by Gasteiger charge is -2.34. The number of likely N-dealkylation sites (tertiary alicyclic amines) is 1. The number of aldehydes is 1. The molecule has 13 nitrogen and oxygen atoms in total. The highest BCUT2D eigenvalue weighted by atomic mass is 19.1. The van der Waals surface area contributed by atoms with Crippen molar-refractivity contribution in [2.24, 2.45) is 5.92 Å². The number of piperidine rings is 1. The molecule has 1 amide bonds. The molecule has 0 saturated carbocycles. The van der Waals surface area contributed by atoms with Crippen LogP contribution in [0.4, 0.5) is 25.8 Å². The number of carbonyl (C=O) groups is 2. The van der Waals surface area contributed by atoms with Crippen LogP contribution in [0.3, 0.4) is 0 Å². The number of aryl methyl sites for hydroxylation is 1. The maximum absolute atomic E-state index is 16.1. The van der Waals surface area contributed by atoms with E-state index < -0.39 is 6.04 Å². The van der Waals surface area contributed by atoms with Crippen LogP contribution in [0.5, 0.6) is 0 Å². The average Bonchev–Trinajstić information content (AvgIpc) is 3.77. The van der Waals surface area contributed by atoms with E-state index in [0.717, 1.165) is 91.3 Å². The summed E-state index contributed by atoms with van der Waals surface area (Å²) >= 11 is 0. The van der Waals surface area contributed by atoms with Gasteiger partial charge in [0, 0.05) is 127 Å². The van der Waals surface area contributed by atoms with Crippen LogP contribution in [-0.2, 0) is 16.2 Å². The number of nitrogens with zero attached hydrogens (tertiary/aromatic N) is 8. The average molecular weight is 952 g/mol. The van der Waals surface area contributed by atoms with Gasteiger partial charge in [0.25, 0.3) is 11.5 Å². The molecule has 0 radical (unpaired) electrons. The number of hydroxylamine groups is 1. The zero-order valence-corrected chi connectivity index (χ0v) is 42.7. The van der Waals surface area contributed by atoms with Crippen LogP contribution in [0.1, 0.15) is 73.5 Å². The lowest BCUT2D eigenvalue weighted by Crippen LogP contribution is -2.41. The standard InChI is InChI=1S/C54H75F2N9O4/c1-12-46(35-66)65(69-11)51-32-47(55)44(30-50(51)59(9)10)34-61-26-25-60(36-61)33-41-13-20-63(21-14-41)54(68)43-28-39(4)53(48(56)29-43)42-15-22-62(23-16-42)40(5)37(2)27-38(3)49(18-19-58(7)8)64-24-17-45(57-6)31-52(64)67/h15,17-18,24,27-32,35,40-41,46,57H,3,12-14,16,19-23,25-26,33-34,36H2,1-2,4-11H3/b37-27+,49-18+. The predicted octanol–water partition coefficient (Wildman–Crippen LogP) is 7.60. The Bertz CT molecular complexity index is 2450. The first-order valence-electron chi connectivity index (χ1n) is 24.4. The van der Waals surface area contributed by atoms with E-state index in [1.807, 2.05) is 81.0 Å². The maximum atomic E-state index is 16.1. The van der Waals surface area contributed by atoms with Gasteiger partial charge in [-0.3, -0.25) is 33.7 Å². The number of anilines is 3. The van der Waals surface area contributed by atoms with E-state index in [4.69, 9.17) is 4.84 Å². The zero-order chi connectivity index (χ0) is 50.1. The summed E-state index contributed by atoms with van der Waals surface area (Å²) in [5, 5.41) is 4.50. The normalized spacial score (nSPS) is 17.8. The molecule has 2 saturated heterocycles. The van der Waals surface area contributed by atoms with E-state index in [0.29, 0.717) is 73.9 Å². The third-order valence-electron chi connectivity index (χ3n) is 14.0. The Morgan fingerprint density at radius 2 is 1.72 bits per heavy atom. The van der Waals surface area contributed by atoms with E-state index in [-0.39, 0.29) is 29.1 Å². The van der Waals surface area contributed by atoms with Gasteiger partial charge in [0.2, 0.25) is 0 Å². The SMILES string of the molecule is C=C(/C=C(\C)C(C)N1CC=C(c2c(C)cc(C(=O)N3CCC(CN4CCN(Cc5cc(N(C)C)c(N(OC)C(C=O)CC)cc5F)C4)CC3)cc2F)CC1)/C(=C\CN(C)C)n1ccc(NC)cc1=O. The highest BCUT2D eigenvalue weighted by Gasteiger charge is 2.30. The molecule has 0 spiro atoms. The van der Waals surface area contributed by atoms with Crippen LogP contribution in [-0.4, -0.2) is 155 Å². The predicted molar refractivity (Wildman–Crippen MR) is 277 cm³/mol. The lowest BCUT2D eigenvalue weighted by atomic mass is 9.91. The number of benzene rings is 2. The molecule has 2 atom stereocenters. The number of pyridine rings is 1. The Morgan fingerprint density at radius 1 is 1.00 bits per heavy atom. The minimum Gasteiger partial charge on any atom is -0.388 e. The second-order valence-corrected chi connectivity index (χ2v) is 19.4. The van der Waals surface area contributed by atoms with Crippen molar-refractivity contribution < 1.29 is 23.2 Å². The molecule has 0 aliphatic carbocycles. The van der Waals surface area contributed by atoms with Gasteiger partial charge in [-0.1, -0.05) is 31.2 Å². The summed E-state index contributed by atoms with van der Waals surface area (Å²) in [6.45, 7) is 19.5. The third kappa shape index (κ3) is 12.9. The topological polar surface area (TPSA) is 100 Å². The molecule has 374 valence electrons. The van der Waals surface area contributed by atoms with Gasteiger partial charge in [-0.2, -0.15) is 0 Å². The number of carbonyl (C=O) groups excluding carboxylic acids is 2. The van der Waals surface area contributed by atoms with Crippen molar-refractivity contribution in [1.29, 1.82) is 0 Å². The Hall–Kier alpha value is -5.45. The molecule has 6 rings (SSSR count).